The second kappa shape index (κ2) is 4.78. The van der Waals surface area contributed by atoms with Gasteiger partial charge < -0.3 is 15.6 Å². The first-order valence-corrected chi connectivity index (χ1v) is 5.77. The highest BCUT2D eigenvalue weighted by atomic mass is 16.5. The van der Waals surface area contributed by atoms with Crippen molar-refractivity contribution >= 4 is 11.9 Å². The van der Waals surface area contributed by atoms with Crippen LogP contribution < -0.4 is 5.73 Å². The molecule has 1 aliphatic rings. The highest BCUT2D eigenvalue weighted by Gasteiger charge is 2.54. The molecule has 0 bridgehead atoms. The summed E-state index contributed by atoms with van der Waals surface area (Å²) in [4.78, 5) is 22.7. The lowest BCUT2D eigenvalue weighted by atomic mass is 9.67. The van der Waals surface area contributed by atoms with Gasteiger partial charge in [-0.2, -0.15) is 0 Å². The minimum atomic E-state index is -1.45. The normalized spacial score (nSPS) is 26.2. The van der Waals surface area contributed by atoms with Crippen LogP contribution >= 0.6 is 0 Å². The summed E-state index contributed by atoms with van der Waals surface area (Å²) in [5, 5.41) is 8.96. The largest absolute Gasteiger partial charge is 0.480 e. The molecule has 1 fully saturated rings. The number of aliphatic carboxylic acids is 1. The van der Waals surface area contributed by atoms with Gasteiger partial charge in [-0.25, -0.2) is 0 Å². The zero-order valence-electron chi connectivity index (χ0n) is 9.83. The number of ether oxygens (including phenoxy) is 1. The summed E-state index contributed by atoms with van der Waals surface area (Å²) in [6.45, 7) is 0.145. The highest BCUT2D eigenvalue weighted by Crippen LogP contribution is 2.37. The van der Waals surface area contributed by atoms with Crippen molar-refractivity contribution in [1.82, 2.24) is 0 Å². The van der Waals surface area contributed by atoms with Gasteiger partial charge in [0, 0.05) is 0 Å². The highest BCUT2D eigenvalue weighted by molar-refractivity contribution is 5.89. The standard InChI is InChI=1S/C13H15NO4/c14-13(12(16)17)7-6-10(13)11(15)18-8-9-4-2-1-3-5-9/h1-5,10H,6-8,14H2,(H,16,17)/t10-,13-/m0/s1. The number of esters is 1. The van der Waals surface area contributed by atoms with Crippen molar-refractivity contribution in [3.05, 3.63) is 35.9 Å². The van der Waals surface area contributed by atoms with Crippen molar-refractivity contribution in [1.29, 1.82) is 0 Å². The van der Waals surface area contributed by atoms with Crippen molar-refractivity contribution < 1.29 is 19.4 Å². The zero-order valence-corrected chi connectivity index (χ0v) is 9.83. The van der Waals surface area contributed by atoms with Gasteiger partial charge in [0.15, 0.2) is 0 Å². The number of carbonyl (C=O) groups is 2. The predicted molar refractivity (Wildman–Crippen MR) is 63.5 cm³/mol. The summed E-state index contributed by atoms with van der Waals surface area (Å²) in [6, 6.07) is 9.22. The van der Waals surface area contributed by atoms with Gasteiger partial charge in [-0.05, 0) is 18.4 Å². The monoisotopic (exact) mass is 249 g/mol. The Morgan fingerprint density at radius 2 is 2.06 bits per heavy atom. The molecule has 96 valence electrons. The van der Waals surface area contributed by atoms with E-state index in [2.05, 4.69) is 0 Å². The minimum absolute atomic E-state index is 0.145. The number of hydrogen-bond acceptors (Lipinski definition) is 4. The first-order valence-electron chi connectivity index (χ1n) is 5.77. The van der Waals surface area contributed by atoms with Crippen LogP contribution in [0.1, 0.15) is 18.4 Å². The summed E-state index contributed by atoms with van der Waals surface area (Å²) in [7, 11) is 0. The second-order valence-corrected chi connectivity index (χ2v) is 4.53. The lowest BCUT2D eigenvalue weighted by Crippen LogP contribution is -2.63. The van der Waals surface area contributed by atoms with Crippen LogP contribution in [-0.2, 0) is 20.9 Å². The smallest absolute Gasteiger partial charge is 0.324 e. The maximum Gasteiger partial charge on any atom is 0.324 e. The molecular formula is C13H15NO4. The van der Waals surface area contributed by atoms with E-state index in [4.69, 9.17) is 15.6 Å². The van der Waals surface area contributed by atoms with Crippen LogP contribution in [0.25, 0.3) is 0 Å². The van der Waals surface area contributed by atoms with Crippen LogP contribution in [0, 0.1) is 5.92 Å². The van der Waals surface area contributed by atoms with E-state index in [1.165, 1.54) is 0 Å². The Hall–Kier alpha value is -1.88. The first-order chi connectivity index (χ1) is 8.54. The van der Waals surface area contributed by atoms with Crippen molar-refractivity contribution in [3.8, 4) is 0 Å². The van der Waals surface area contributed by atoms with Crippen molar-refractivity contribution in [3.63, 3.8) is 0 Å². The summed E-state index contributed by atoms with van der Waals surface area (Å²) in [5.74, 6) is -2.41. The molecule has 5 heteroatoms. The van der Waals surface area contributed by atoms with E-state index in [-0.39, 0.29) is 6.61 Å². The van der Waals surface area contributed by atoms with Gasteiger partial charge in [0.25, 0.3) is 0 Å². The molecule has 1 aliphatic carbocycles. The molecule has 0 unspecified atom stereocenters. The van der Waals surface area contributed by atoms with Crippen molar-refractivity contribution in [2.24, 2.45) is 11.7 Å². The molecule has 0 amide bonds. The molecule has 0 aliphatic heterocycles. The molecular weight excluding hydrogens is 234 g/mol. The van der Waals surface area contributed by atoms with Crippen LogP contribution in [0.2, 0.25) is 0 Å². The molecule has 1 saturated carbocycles. The van der Waals surface area contributed by atoms with Gasteiger partial charge in [-0.1, -0.05) is 30.3 Å². The van der Waals surface area contributed by atoms with Crippen LogP contribution in [0.4, 0.5) is 0 Å². The molecule has 0 saturated heterocycles. The first kappa shape index (κ1) is 12.6. The third-order valence-electron chi connectivity index (χ3n) is 3.38. The van der Waals surface area contributed by atoms with E-state index in [0.717, 1.165) is 5.56 Å². The number of benzene rings is 1. The topological polar surface area (TPSA) is 89.6 Å². The van der Waals surface area contributed by atoms with Gasteiger partial charge in [0.1, 0.15) is 12.1 Å². The van der Waals surface area contributed by atoms with Crippen LogP contribution in [0.3, 0.4) is 0 Å². The van der Waals surface area contributed by atoms with Gasteiger partial charge in [0.05, 0.1) is 5.92 Å². The summed E-state index contributed by atoms with van der Waals surface area (Å²) in [5.41, 5.74) is 5.07. The molecule has 0 aromatic heterocycles. The third kappa shape index (κ3) is 2.22. The molecule has 1 aromatic carbocycles. The van der Waals surface area contributed by atoms with Crippen LogP contribution in [-0.4, -0.2) is 22.6 Å². The molecule has 0 spiro atoms. The molecule has 18 heavy (non-hydrogen) atoms. The zero-order chi connectivity index (χ0) is 13.2. The maximum absolute atomic E-state index is 11.8. The number of carbonyl (C=O) groups excluding carboxylic acids is 1. The molecule has 3 N–H and O–H groups in total. The summed E-state index contributed by atoms with van der Waals surface area (Å²) < 4.78 is 5.10. The van der Waals surface area contributed by atoms with E-state index >= 15 is 0 Å². The number of carboxylic acid groups (broad SMARTS) is 1. The fourth-order valence-corrected chi connectivity index (χ4v) is 2.01. The number of rotatable bonds is 4. The number of carboxylic acids is 1. The molecule has 0 heterocycles. The molecule has 2 atom stereocenters. The Bertz CT molecular complexity index is 459. The SMILES string of the molecule is N[C@@]1(C(=O)O)CC[C@H]1C(=O)OCc1ccccc1. The molecule has 1 aromatic rings. The van der Waals surface area contributed by atoms with Crippen LogP contribution in [0.5, 0.6) is 0 Å². The Morgan fingerprint density at radius 3 is 2.56 bits per heavy atom. The Labute approximate surface area is 105 Å². The van der Waals surface area contributed by atoms with Crippen LogP contribution in [0.15, 0.2) is 30.3 Å². The number of nitrogens with two attached hydrogens (primary N) is 1. The predicted octanol–water partition coefficient (Wildman–Crippen LogP) is 0.922. The molecule has 2 rings (SSSR count). The molecule has 0 radical (unpaired) electrons. The average Bonchev–Trinajstić information content (AvgIpc) is 2.35. The average molecular weight is 249 g/mol. The Balaban J connectivity index is 1.92. The second-order valence-electron chi connectivity index (χ2n) is 4.53. The van der Waals surface area contributed by atoms with E-state index in [9.17, 15) is 9.59 Å². The van der Waals surface area contributed by atoms with E-state index in [1.807, 2.05) is 30.3 Å². The van der Waals surface area contributed by atoms with Gasteiger partial charge in [0.2, 0.25) is 0 Å². The van der Waals surface area contributed by atoms with E-state index < -0.39 is 23.4 Å². The Kier molecular flexibility index (Phi) is 3.34. The third-order valence-corrected chi connectivity index (χ3v) is 3.38. The van der Waals surface area contributed by atoms with Gasteiger partial charge in [-0.3, -0.25) is 9.59 Å². The van der Waals surface area contributed by atoms with E-state index in [0.29, 0.717) is 12.8 Å². The lowest BCUT2D eigenvalue weighted by molar-refractivity contribution is -0.167. The Morgan fingerprint density at radius 1 is 1.39 bits per heavy atom. The van der Waals surface area contributed by atoms with Crippen molar-refractivity contribution in [2.75, 3.05) is 0 Å². The number of hydrogen-bond donors (Lipinski definition) is 2. The van der Waals surface area contributed by atoms with Gasteiger partial charge in [-0.15, -0.1) is 0 Å². The van der Waals surface area contributed by atoms with E-state index in [1.54, 1.807) is 0 Å². The minimum Gasteiger partial charge on any atom is -0.480 e. The fourth-order valence-electron chi connectivity index (χ4n) is 2.01. The molecule has 5 nitrogen and oxygen atoms in total. The maximum atomic E-state index is 11.8. The lowest BCUT2D eigenvalue weighted by Gasteiger charge is -2.40. The quantitative estimate of drug-likeness (QED) is 0.774. The van der Waals surface area contributed by atoms with Crippen molar-refractivity contribution in [2.45, 2.75) is 25.0 Å². The summed E-state index contributed by atoms with van der Waals surface area (Å²) in [6.07, 6.45) is 0.782. The summed E-state index contributed by atoms with van der Waals surface area (Å²) >= 11 is 0. The van der Waals surface area contributed by atoms with Gasteiger partial charge >= 0.3 is 11.9 Å². The fraction of sp³-hybridized carbons (Fsp3) is 0.385.